The van der Waals surface area contributed by atoms with Gasteiger partial charge in [0, 0.05) is 6.42 Å². The molecule has 0 aliphatic carbocycles. The average Bonchev–Trinajstić information content (AvgIpc) is 2.33. The standard InChI is InChI=1S/C14H20O3/c15-14(16)11-7-2-1-3-8-12-17-13-9-5-4-6-10-13/h4-6,9-10H,1-3,7-8,11-12H2,(H,15,16). The topological polar surface area (TPSA) is 46.5 Å². The van der Waals surface area contributed by atoms with Crippen molar-refractivity contribution in [2.75, 3.05) is 6.61 Å². The maximum absolute atomic E-state index is 10.3. The molecule has 0 amide bonds. The summed E-state index contributed by atoms with van der Waals surface area (Å²) in [6.07, 6.45) is 5.30. The van der Waals surface area contributed by atoms with Crippen molar-refractivity contribution in [3.63, 3.8) is 0 Å². The fourth-order valence-corrected chi connectivity index (χ4v) is 1.62. The predicted octanol–water partition coefficient (Wildman–Crippen LogP) is 3.49. The first-order valence-corrected chi connectivity index (χ1v) is 6.18. The zero-order chi connectivity index (χ0) is 12.3. The lowest BCUT2D eigenvalue weighted by Gasteiger charge is -2.05. The molecule has 0 saturated carbocycles. The summed E-state index contributed by atoms with van der Waals surface area (Å²) in [5.41, 5.74) is 0. The van der Waals surface area contributed by atoms with Crippen molar-refractivity contribution in [3.05, 3.63) is 30.3 Å². The van der Waals surface area contributed by atoms with Gasteiger partial charge in [-0.25, -0.2) is 0 Å². The Kier molecular flexibility index (Phi) is 6.87. The molecule has 0 aliphatic heterocycles. The van der Waals surface area contributed by atoms with Gasteiger partial charge in [-0.05, 0) is 25.0 Å². The summed E-state index contributed by atoms with van der Waals surface area (Å²) >= 11 is 0. The van der Waals surface area contributed by atoms with E-state index in [2.05, 4.69) is 0 Å². The van der Waals surface area contributed by atoms with Crippen molar-refractivity contribution < 1.29 is 14.6 Å². The number of unbranched alkanes of at least 4 members (excludes halogenated alkanes) is 4. The molecule has 0 unspecified atom stereocenters. The molecule has 0 saturated heterocycles. The van der Waals surface area contributed by atoms with Crippen LogP contribution in [0, 0.1) is 0 Å². The van der Waals surface area contributed by atoms with Crippen molar-refractivity contribution in [2.45, 2.75) is 38.5 Å². The van der Waals surface area contributed by atoms with Crippen molar-refractivity contribution in [3.8, 4) is 5.75 Å². The van der Waals surface area contributed by atoms with E-state index in [0.29, 0.717) is 6.42 Å². The Bertz CT molecular complexity index is 309. The zero-order valence-corrected chi connectivity index (χ0v) is 10.1. The number of carbonyl (C=O) groups is 1. The third-order valence-electron chi connectivity index (χ3n) is 2.55. The summed E-state index contributed by atoms with van der Waals surface area (Å²) in [6.45, 7) is 0.739. The SMILES string of the molecule is O=C(O)CCCCCCCOc1ccccc1. The van der Waals surface area contributed by atoms with Gasteiger partial charge in [-0.1, -0.05) is 37.5 Å². The van der Waals surface area contributed by atoms with E-state index >= 15 is 0 Å². The van der Waals surface area contributed by atoms with Gasteiger partial charge in [-0.15, -0.1) is 0 Å². The van der Waals surface area contributed by atoms with Crippen molar-refractivity contribution in [1.82, 2.24) is 0 Å². The largest absolute Gasteiger partial charge is 0.494 e. The molecule has 94 valence electrons. The van der Waals surface area contributed by atoms with Gasteiger partial charge in [-0.2, -0.15) is 0 Å². The molecule has 17 heavy (non-hydrogen) atoms. The molecule has 1 N–H and O–H groups in total. The highest BCUT2D eigenvalue weighted by molar-refractivity contribution is 5.66. The maximum atomic E-state index is 10.3. The van der Waals surface area contributed by atoms with E-state index in [1.165, 1.54) is 0 Å². The lowest BCUT2D eigenvalue weighted by molar-refractivity contribution is -0.137. The second kappa shape index (κ2) is 8.62. The zero-order valence-electron chi connectivity index (χ0n) is 10.1. The summed E-state index contributed by atoms with van der Waals surface area (Å²) in [6, 6.07) is 9.79. The molecule has 0 radical (unpaired) electrons. The summed E-state index contributed by atoms with van der Waals surface area (Å²) < 4.78 is 5.56. The Morgan fingerprint density at radius 3 is 2.35 bits per heavy atom. The number of para-hydroxylation sites is 1. The number of aliphatic carboxylic acids is 1. The van der Waals surface area contributed by atoms with Crippen molar-refractivity contribution >= 4 is 5.97 Å². The van der Waals surface area contributed by atoms with Crippen LogP contribution in [-0.4, -0.2) is 17.7 Å². The first-order chi connectivity index (χ1) is 8.29. The van der Waals surface area contributed by atoms with E-state index in [1.54, 1.807) is 0 Å². The first-order valence-electron chi connectivity index (χ1n) is 6.18. The van der Waals surface area contributed by atoms with Gasteiger partial charge in [0.05, 0.1) is 6.61 Å². The first kappa shape index (κ1) is 13.6. The Hall–Kier alpha value is -1.51. The van der Waals surface area contributed by atoms with E-state index in [-0.39, 0.29) is 0 Å². The molecule has 0 heterocycles. The molecule has 1 rings (SSSR count). The van der Waals surface area contributed by atoms with Gasteiger partial charge in [-0.3, -0.25) is 4.79 Å². The molecular formula is C14H20O3. The van der Waals surface area contributed by atoms with Crippen molar-refractivity contribution in [2.24, 2.45) is 0 Å². The Labute approximate surface area is 102 Å². The summed E-state index contributed by atoms with van der Waals surface area (Å²) in [5, 5.41) is 8.46. The van der Waals surface area contributed by atoms with Crippen LogP contribution in [0.15, 0.2) is 30.3 Å². The van der Waals surface area contributed by atoms with Crippen LogP contribution in [0.2, 0.25) is 0 Å². The van der Waals surface area contributed by atoms with E-state index in [4.69, 9.17) is 9.84 Å². The highest BCUT2D eigenvalue weighted by Crippen LogP contribution is 2.10. The van der Waals surface area contributed by atoms with E-state index in [9.17, 15) is 4.79 Å². The maximum Gasteiger partial charge on any atom is 0.303 e. The van der Waals surface area contributed by atoms with Crippen LogP contribution in [0.4, 0.5) is 0 Å². The molecular weight excluding hydrogens is 216 g/mol. The average molecular weight is 236 g/mol. The minimum Gasteiger partial charge on any atom is -0.494 e. The second-order valence-corrected chi connectivity index (χ2v) is 4.07. The van der Waals surface area contributed by atoms with Gasteiger partial charge in [0.25, 0.3) is 0 Å². The van der Waals surface area contributed by atoms with E-state index in [1.807, 2.05) is 30.3 Å². The molecule has 0 aliphatic rings. The van der Waals surface area contributed by atoms with Gasteiger partial charge < -0.3 is 9.84 Å². The molecule has 1 aromatic carbocycles. The van der Waals surface area contributed by atoms with Crippen LogP contribution in [0.3, 0.4) is 0 Å². The Morgan fingerprint density at radius 1 is 1.00 bits per heavy atom. The minimum absolute atomic E-state index is 0.292. The molecule has 0 atom stereocenters. The fourth-order valence-electron chi connectivity index (χ4n) is 1.62. The van der Waals surface area contributed by atoms with Crippen LogP contribution in [0.5, 0.6) is 5.75 Å². The van der Waals surface area contributed by atoms with Crippen LogP contribution in [0.25, 0.3) is 0 Å². The number of rotatable bonds is 9. The smallest absolute Gasteiger partial charge is 0.303 e. The van der Waals surface area contributed by atoms with Crippen LogP contribution >= 0.6 is 0 Å². The minimum atomic E-state index is -0.697. The molecule has 0 bridgehead atoms. The number of carboxylic acid groups (broad SMARTS) is 1. The van der Waals surface area contributed by atoms with Gasteiger partial charge in [0.1, 0.15) is 5.75 Å². The number of benzene rings is 1. The lowest BCUT2D eigenvalue weighted by atomic mass is 10.1. The monoisotopic (exact) mass is 236 g/mol. The number of carboxylic acids is 1. The number of hydrogen-bond donors (Lipinski definition) is 1. The third kappa shape index (κ3) is 7.39. The molecule has 0 fully saturated rings. The molecule has 0 spiro atoms. The summed E-state index contributed by atoms with van der Waals surface area (Å²) in [5.74, 6) is 0.218. The highest BCUT2D eigenvalue weighted by atomic mass is 16.5. The normalized spacial score (nSPS) is 10.1. The number of ether oxygens (including phenoxy) is 1. The van der Waals surface area contributed by atoms with E-state index in [0.717, 1.165) is 44.5 Å². The van der Waals surface area contributed by atoms with Crippen LogP contribution in [0.1, 0.15) is 38.5 Å². The number of hydrogen-bond acceptors (Lipinski definition) is 2. The predicted molar refractivity (Wildman–Crippen MR) is 67.3 cm³/mol. The second-order valence-electron chi connectivity index (χ2n) is 4.07. The summed E-state index contributed by atoms with van der Waals surface area (Å²) in [4.78, 5) is 10.3. The lowest BCUT2D eigenvalue weighted by Crippen LogP contribution is -1.97. The Balaban J connectivity index is 1.90. The van der Waals surface area contributed by atoms with Crippen LogP contribution < -0.4 is 4.74 Å². The Morgan fingerprint density at radius 2 is 1.65 bits per heavy atom. The fraction of sp³-hybridized carbons (Fsp3) is 0.500. The quantitative estimate of drug-likeness (QED) is 0.667. The molecule has 0 aromatic heterocycles. The van der Waals surface area contributed by atoms with Crippen molar-refractivity contribution in [1.29, 1.82) is 0 Å². The molecule has 1 aromatic rings. The third-order valence-corrected chi connectivity index (χ3v) is 2.55. The van der Waals surface area contributed by atoms with Gasteiger partial charge in [0.2, 0.25) is 0 Å². The van der Waals surface area contributed by atoms with Gasteiger partial charge in [0.15, 0.2) is 0 Å². The molecule has 3 heteroatoms. The molecule has 3 nitrogen and oxygen atoms in total. The van der Waals surface area contributed by atoms with Crippen LogP contribution in [-0.2, 0) is 4.79 Å². The summed E-state index contributed by atoms with van der Waals surface area (Å²) in [7, 11) is 0. The van der Waals surface area contributed by atoms with E-state index < -0.39 is 5.97 Å². The van der Waals surface area contributed by atoms with Gasteiger partial charge >= 0.3 is 5.97 Å². The highest BCUT2D eigenvalue weighted by Gasteiger charge is 1.96.